The molecular weight excluding hydrogens is 1270 g/mol. The highest BCUT2D eigenvalue weighted by atomic mass is 32.1. The van der Waals surface area contributed by atoms with E-state index in [1.165, 1.54) is 0 Å². The summed E-state index contributed by atoms with van der Waals surface area (Å²) in [6, 6.07) is 7.70. The van der Waals surface area contributed by atoms with Crippen molar-refractivity contribution in [1.29, 1.82) is 0 Å². The molecule has 3 rings (SSSR count). The van der Waals surface area contributed by atoms with Crippen molar-refractivity contribution < 1.29 is 123 Å². The minimum Gasteiger partial charge on any atom is -0.461 e. The van der Waals surface area contributed by atoms with Gasteiger partial charge in [-0.2, -0.15) is 0 Å². The molecule has 2 heterocycles. The number of aryl methyl sites for hydroxylation is 1. The Hall–Kier alpha value is -3.17. The van der Waals surface area contributed by atoms with Gasteiger partial charge in [0.15, 0.2) is 0 Å². The van der Waals surface area contributed by atoms with E-state index in [0.717, 1.165) is 21.7 Å². The van der Waals surface area contributed by atoms with E-state index < -0.39 is 6.04 Å². The number of methoxy groups -OCH3 is 1. The number of nitrogens with zero attached hydrogens (tertiary/aromatic N) is 1. The molecule has 2 N–H and O–H groups in total. The van der Waals surface area contributed by atoms with Crippen LogP contribution in [0.4, 0.5) is 0 Å². The lowest BCUT2D eigenvalue weighted by atomic mass is 10.1. The summed E-state index contributed by atoms with van der Waals surface area (Å²) in [5.41, 5.74) is 4.96. The molecule has 552 valence electrons. The van der Waals surface area contributed by atoms with Crippen LogP contribution in [0, 0.1) is 6.92 Å². The number of benzene rings is 1. The van der Waals surface area contributed by atoms with Gasteiger partial charge in [0.05, 0.1) is 313 Å². The Morgan fingerprint density at radius 1 is 0.411 bits per heavy atom. The number of esters is 1. The number of aromatic nitrogens is 1. The average molecular weight is 1390 g/mol. The lowest BCUT2D eigenvalue weighted by Crippen LogP contribution is -2.39. The molecule has 0 spiro atoms. The summed E-state index contributed by atoms with van der Waals surface area (Å²) in [6.07, 6.45) is 0.876. The molecule has 1 fully saturated rings. The first kappa shape index (κ1) is 86.1. The molecule has 1 aliphatic rings. The van der Waals surface area contributed by atoms with Gasteiger partial charge in [-0.05, 0) is 24.5 Å². The van der Waals surface area contributed by atoms with Gasteiger partial charge in [0.25, 0.3) is 0 Å². The second-order valence-electron chi connectivity index (χ2n) is 20.6. The first-order valence-electron chi connectivity index (χ1n) is 33.5. The second-order valence-corrected chi connectivity index (χ2v) is 21.4. The molecule has 1 aliphatic heterocycles. The van der Waals surface area contributed by atoms with Crippen molar-refractivity contribution in [2.45, 2.75) is 44.9 Å². The molecule has 29 nitrogen and oxygen atoms in total. The highest BCUT2D eigenvalue weighted by molar-refractivity contribution is 7.13. The molecule has 2 aromatic rings. The maximum atomic E-state index is 12.8. The number of nitrogens with one attached hydrogen (secondary N) is 2. The van der Waals surface area contributed by atoms with Crippen LogP contribution in [0.15, 0.2) is 29.8 Å². The maximum Gasteiger partial charge on any atom is 0.306 e. The molecule has 2 unspecified atom stereocenters. The minimum absolute atomic E-state index is 0.111. The van der Waals surface area contributed by atoms with Crippen molar-refractivity contribution in [2.24, 2.45) is 0 Å². The highest BCUT2D eigenvalue weighted by Gasteiger charge is 2.31. The topological polar surface area (TPSA) is 293 Å². The highest BCUT2D eigenvalue weighted by Crippen LogP contribution is 2.27. The van der Waals surface area contributed by atoms with Crippen LogP contribution in [0.5, 0.6) is 0 Å². The van der Waals surface area contributed by atoms with E-state index in [2.05, 4.69) is 15.6 Å². The number of hydrogen-bond acceptors (Lipinski definition) is 29. The van der Waals surface area contributed by atoms with Crippen LogP contribution in [0.25, 0.3) is 10.4 Å². The third-order valence-electron chi connectivity index (χ3n) is 13.0. The van der Waals surface area contributed by atoms with Crippen molar-refractivity contribution in [2.75, 3.05) is 311 Å². The van der Waals surface area contributed by atoms with E-state index in [1.54, 1.807) is 18.4 Å². The Morgan fingerprint density at radius 2 is 0.684 bits per heavy atom. The maximum absolute atomic E-state index is 12.8. The van der Waals surface area contributed by atoms with Crippen LogP contribution in [-0.2, 0) is 130 Å². The van der Waals surface area contributed by atoms with Gasteiger partial charge >= 0.3 is 5.97 Å². The van der Waals surface area contributed by atoms with Gasteiger partial charge in [-0.3, -0.25) is 9.59 Å². The molecule has 0 saturated carbocycles. The standard InChI is InChI=1S/C65H115N3O26S/c1-58-64(95-57-68-58)60-7-5-59(6-8-60)55-67-65(70)62-54-61(56-66-62)94-63(69)4-3-9-72-12-13-74-16-17-76-20-21-78-24-25-80-28-29-82-32-33-84-36-37-86-40-41-88-44-45-90-48-49-92-52-53-93-51-50-91-47-46-89-43-42-87-39-38-85-35-34-83-31-30-81-27-26-79-23-22-77-19-18-75-15-14-73-11-10-71-2/h5-8,57,61-62,66H,3-4,9-56H2,1-2H3,(H,67,70). The Morgan fingerprint density at radius 3 is 0.947 bits per heavy atom. The zero-order valence-corrected chi connectivity index (χ0v) is 57.7. The summed E-state index contributed by atoms with van der Waals surface area (Å²) in [5, 5.41) is 6.14. The predicted molar refractivity (Wildman–Crippen MR) is 350 cm³/mol. The number of rotatable bonds is 75. The molecule has 2 atom stereocenters. The fourth-order valence-corrected chi connectivity index (χ4v) is 8.90. The summed E-state index contributed by atoms with van der Waals surface area (Å²) in [4.78, 5) is 30.6. The number of amides is 1. The second kappa shape index (κ2) is 68.0. The van der Waals surface area contributed by atoms with E-state index >= 15 is 0 Å². The lowest BCUT2D eigenvalue weighted by Gasteiger charge is -2.13. The number of hydrogen-bond donors (Lipinski definition) is 2. The molecule has 1 aromatic carbocycles. The molecule has 95 heavy (non-hydrogen) atoms. The summed E-state index contributed by atoms with van der Waals surface area (Å²) in [6.45, 7) is 24.6. The molecule has 1 aromatic heterocycles. The third-order valence-corrected chi connectivity index (χ3v) is 14.0. The largest absolute Gasteiger partial charge is 0.461 e. The normalized spacial score (nSPS) is 14.0. The molecule has 0 bridgehead atoms. The van der Waals surface area contributed by atoms with Crippen LogP contribution in [0.3, 0.4) is 0 Å². The predicted octanol–water partition coefficient (Wildman–Crippen LogP) is 2.80. The van der Waals surface area contributed by atoms with E-state index in [4.69, 9.17) is 114 Å². The molecule has 0 aliphatic carbocycles. The Balaban J connectivity index is 0.865. The van der Waals surface area contributed by atoms with Crippen molar-refractivity contribution in [1.82, 2.24) is 15.6 Å². The monoisotopic (exact) mass is 1390 g/mol. The van der Waals surface area contributed by atoms with Crippen LogP contribution in [0.1, 0.15) is 30.5 Å². The van der Waals surface area contributed by atoms with Crippen molar-refractivity contribution in [3.63, 3.8) is 0 Å². The number of thiazole rings is 1. The Labute approximate surface area is 567 Å². The van der Waals surface area contributed by atoms with Gasteiger partial charge in [-0.15, -0.1) is 11.3 Å². The van der Waals surface area contributed by atoms with E-state index in [-0.39, 0.29) is 24.4 Å². The van der Waals surface area contributed by atoms with E-state index in [1.807, 2.05) is 36.7 Å². The van der Waals surface area contributed by atoms with Crippen LogP contribution >= 0.6 is 11.3 Å². The first-order chi connectivity index (χ1) is 47.1. The molecule has 30 heteroatoms. The van der Waals surface area contributed by atoms with Crippen molar-refractivity contribution in [3.8, 4) is 10.4 Å². The lowest BCUT2D eigenvalue weighted by molar-refractivity contribution is -0.148. The quantitative estimate of drug-likeness (QED) is 0.0711. The molecule has 1 saturated heterocycles. The molecular formula is C65H115N3O26S. The molecule has 0 radical (unpaired) electrons. The van der Waals surface area contributed by atoms with Gasteiger partial charge in [-0.25, -0.2) is 4.98 Å². The van der Waals surface area contributed by atoms with Crippen LogP contribution in [0.2, 0.25) is 0 Å². The fraction of sp³-hybridized carbons (Fsp3) is 0.831. The third kappa shape index (κ3) is 55.3. The Bertz CT molecular complexity index is 1960. The summed E-state index contributed by atoms with van der Waals surface area (Å²) < 4.78 is 132. The minimum atomic E-state index is -0.405. The number of carbonyl (C=O) groups excluding carboxylic acids is 2. The van der Waals surface area contributed by atoms with Gasteiger partial charge in [0, 0.05) is 39.6 Å². The Kier molecular flexibility index (Phi) is 61.6. The summed E-state index contributed by atoms with van der Waals surface area (Å²) in [5.74, 6) is -0.410. The van der Waals surface area contributed by atoms with Gasteiger partial charge in [0.1, 0.15) is 6.10 Å². The number of ether oxygens (including phenoxy) is 24. The fourth-order valence-electron chi connectivity index (χ4n) is 8.08. The van der Waals surface area contributed by atoms with Crippen LogP contribution < -0.4 is 10.6 Å². The van der Waals surface area contributed by atoms with Crippen LogP contribution in [-0.4, -0.2) is 340 Å². The number of carbonyl (C=O) groups is 2. The smallest absolute Gasteiger partial charge is 0.306 e. The zero-order valence-electron chi connectivity index (χ0n) is 56.9. The summed E-state index contributed by atoms with van der Waals surface area (Å²) in [7, 11) is 1.64. The van der Waals surface area contributed by atoms with Gasteiger partial charge < -0.3 is 124 Å². The molecule has 1 amide bonds. The summed E-state index contributed by atoms with van der Waals surface area (Å²) >= 11 is 1.61. The first-order valence-corrected chi connectivity index (χ1v) is 34.3. The van der Waals surface area contributed by atoms with Crippen molar-refractivity contribution >= 4 is 23.2 Å². The van der Waals surface area contributed by atoms with Crippen molar-refractivity contribution in [3.05, 3.63) is 41.0 Å². The van der Waals surface area contributed by atoms with E-state index in [0.29, 0.717) is 323 Å². The SMILES string of the molecule is COCCOCCOCCOCCOCCOCCOCCOCCOCCOCCOCCOCCOCCOCCOCCOCCOCCOCCOCCOCCOCCOCCOCCCC(=O)OC1CNC(C(=O)NCc2ccc(-c3scnc3C)cc2)C1. The zero-order chi connectivity index (χ0) is 67.3. The average Bonchev–Trinajstić information content (AvgIpc) is 1.87. The van der Waals surface area contributed by atoms with Gasteiger partial charge in [0.2, 0.25) is 5.91 Å². The van der Waals surface area contributed by atoms with E-state index in [9.17, 15) is 9.59 Å². The van der Waals surface area contributed by atoms with Gasteiger partial charge in [-0.1, -0.05) is 24.3 Å².